The van der Waals surface area contributed by atoms with Gasteiger partial charge in [-0.25, -0.2) is 0 Å². The van der Waals surface area contributed by atoms with E-state index in [1.165, 1.54) is 12.8 Å². The minimum Gasteiger partial charge on any atom is -0.339 e. The zero-order valence-electron chi connectivity index (χ0n) is 14.7. The number of fused-ring (bicyclic) bond motifs is 4. The Morgan fingerprint density at radius 1 is 1.16 bits per heavy atom. The lowest BCUT2D eigenvalue weighted by Gasteiger charge is -2.35. The van der Waals surface area contributed by atoms with E-state index in [9.17, 15) is 4.79 Å². The number of aromatic nitrogens is 3. The molecule has 2 aromatic heterocycles. The molecule has 0 aliphatic carbocycles. The average Bonchev–Trinajstić information content (AvgIpc) is 2.83. The van der Waals surface area contributed by atoms with Crippen molar-refractivity contribution in [3.05, 3.63) is 48.0 Å². The molecule has 3 aliphatic heterocycles. The first-order valence-electron chi connectivity index (χ1n) is 9.09. The van der Waals surface area contributed by atoms with Crippen LogP contribution in [0.3, 0.4) is 0 Å². The third-order valence-electron chi connectivity index (χ3n) is 5.48. The van der Waals surface area contributed by atoms with Gasteiger partial charge in [0.15, 0.2) is 0 Å². The maximum atomic E-state index is 12.8. The van der Waals surface area contributed by atoms with E-state index >= 15 is 0 Å². The van der Waals surface area contributed by atoms with E-state index < -0.39 is 0 Å². The molecule has 0 unspecified atom stereocenters. The highest BCUT2D eigenvalue weighted by atomic mass is 16.2. The lowest BCUT2D eigenvalue weighted by atomic mass is 9.95. The van der Waals surface area contributed by atoms with Crippen LogP contribution in [0.15, 0.2) is 36.7 Å². The van der Waals surface area contributed by atoms with Crippen LogP contribution in [0.4, 0.5) is 0 Å². The molecule has 0 N–H and O–H groups in total. The van der Waals surface area contributed by atoms with Crippen LogP contribution in [0.5, 0.6) is 0 Å². The van der Waals surface area contributed by atoms with Gasteiger partial charge in [-0.2, -0.15) is 5.10 Å². The molecule has 0 aromatic carbocycles. The van der Waals surface area contributed by atoms with Crippen molar-refractivity contribution in [1.29, 1.82) is 0 Å². The second kappa shape index (κ2) is 6.96. The number of hydrogen-bond donors (Lipinski definition) is 0. The Kier molecular flexibility index (Phi) is 4.53. The zero-order valence-corrected chi connectivity index (χ0v) is 14.7. The van der Waals surface area contributed by atoms with Crippen molar-refractivity contribution in [3.8, 4) is 0 Å². The highest BCUT2D eigenvalue weighted by Gasteiger charge is 2.36. The van der Waals surface area contributed by atoms with Crippen LogP contribution in [-0.4, -0.2) is 56.1 Å². The number of amides is 1. The highest BCUT2D eigenvalue weighted by Crippen LogP contribution is 2.29. The molecule has 2 aromatic rings. The summed E-state index contributed by atoms with van der Waals surface area (Å²) in [6.07, 6.45) is 5.99. The Labute approximate surface area is 148 Å². The van der Waals surface area contributed by atoms with Crippen LogP contribution in [0, 0.1) is 12.8 Å². The van der Waals surface area contributed by atoms with Crippen molar-refractivity contribution in [2.75, 3.05) is 19.6 Å². The summed E-state index contributed by atoms with van der Waals surface area (Å²) in [4.78, 5) is 21.8. The molecule has 1 amide bonds. The van der Waals surface area contributed by atoms with E-state index in [1.807, 2.05) is 31.3 Å². The zero-order chi connectivity index (χ0) is 17.2. The van der Waals surface area contributed by atoms with Gasteiger partial charge < -0.3 is 4.90 Å². The van der Waals surface area contributed by atoms with E-state index in [1.54, 1.807) is 10.9 Å². The molecular formula is C19H25N5O. The van der Waals surface area contributed by atoms with Crippen LogP contribution >= 0.6 is 0 Å². The molecule has 5 heterocycles. The third-order valence-corrected chi connectivity index (χ3v) is 5.48. The Balaban J connectivity index is 1.44. The predicted octanol–water partition coefficient (Wildman–Crippen LogP) is 1.71. The highest BCUT2D eigenvalue weighted by molar-refractivity contribution is 5.76. The maximum Gasteiger partial charge on any atom is 0.244 e. The van der Waals surface area contributed by atoms with Crippen molar-refractivity contribution in [3.63, 3.8) is 0 Å². The lowest BCUT2D eigenvalue weighted by Crippen LogP contribution is -2.44. The Morgan fingerprint density at radius 2 is 2.08 bits per heavy atom. The van der Waals surface area contributed by atoms with Crippen LogP contribution in [0.1, 0.15) is 24.2 Å². The smallest absolute Gasteiger partial charge is 0.244 e. The molecular weight excluding hydrogens is 314 g/mol. The van der Waals surface area contributed by atoms with Gasteiger partial charge in [-0.1, -0.05) is 6.07 Å². The quantitative estimate of drug-likeness (QED) is 0.851. The Morgan fingerprint density at radius 3 is 2.84 bits per heavy atom. The van der Waals surface area contributed by atoms with Crippen molar-refractivity contribution in [1.82, 2.24) is 24.6 Å². The number of aryl methyl sites for hydroxylation is 1. The van der Waals surface area contributed by atoms with E-state index in [0.717, 1.165) is 37.6 Å². The van der Waals surface area contributed by atoms with Gasteiger partial charge in [0, 0.05) is 50.3 Å². The second-order valence-corrected chi connectivity index (χ2v) is 7.28. The first-order valence-corrected chi connectivity index (χ1v) is 9.09. The fourth-order valence-corrected chi connectivity index (χ4v) is 4.07. The first-order chi connectivity index (χ1) is 12.2. The Hall–Kier alpha value is -2.21. The van der Waals surface area contributed by atoms with Gasteiger partial charge in [-0.05, 0) is 43.9 Å². The summed E-state index contributed by atoms with van der Waals surface area (Å²) >= 11 is 0. The van der Waals surface area contributed by atoms with Gasteiger partial charge in [0.05, 0.1) is 5.69 Å². The number of rotatable bonds is 4. The number of carbonyl (C=O) groups excluding carboxylic acids is 1. The summed E-state index contributed by atoms with van der Waals surface area (Å²) in [5, 5.41) is 4.25. The van der Waals surface area contributed by atoms with Crippen LogP contribution in [0.25, 0.3) is 0 Å². The largest absolute Gasteiger partial charge is 0.339 e. The second-order valence-electron chi connectivity index (χ2n) is 7.28. The van der Waals surface area contributed by atoms with Gasteiger partial charge in [0.2, 0.25) is 5.91 Å². The Bertz CT molecular complexity index is 728. The summed E-state index contributed by atoms with van der Waals surface area (Å²) in [6.45, 7) is 5.96. The van der Waals surface area contributed by atoms with Crippen LogP contribution in [0.2, 0.25) is 0 Å². The maximum absolute atomic E-state index is 12.8. The molecule has 6 heteroatoms. The molecule has 2 bridgehead atoms. The van der Waals surface area contributed by atoms with E-state index in [0.29, 0.717) is 18.5 Å². The fourth-order valence-electron chi connectivity index (χ4n) is 4.07. The van der Waals surface area contributed by atoms with Gasteiger partial charge >= 0.3 is 0 Å². The van der Waals surface area contributed by atoms with E-state index in [4.69, 9.17) is 0 Å². The SMILES string of the molecule is Cc1ccnn1CC(=O)N1C[C@H]2CC[C@@H](C1)N(Cc1ccccn1)C2. The van der Waals surface area contributed by atoms with Crippen molar-refractivity contribution < 1.29 is 4.79 Å². The molecule has 3 saturated heterocycles. The minimum absolute atomic E-state index is 0.184. The van der Waals surface area contributed by atoms with E-state index in [-0.39, 0.29) is 5.91 Å². The number of nitrogens with zero attached hydrogens (tertiary/aromatic N) is 5. The molecule has 25 heavy (non-hydrogen) atoms. The summed E-state index contributed by atoms with van der Waals surface area (Å²) < 4.78 is 1.79. The van der Waals surface area contributed by atoms with Gasteiger partial charge in [-0.3, -0.25) is 19.4 Å². The van der Waals surface area contributed by atoms with Crippen molar-refractivity contribution in [2.45, 2.75) is 38.9 Å². The lowest BCUT2D eigenvalue weighted by molar-refractivity contribution is -0.132. The topological polar surface area (TPSA) is 54.3 Å². The van der Waals surface area contributed by atoms with Crippen LogP contribution in [-0.2, 0) is 17.9 Å². The number of piperidine rings is 1. The number of hydrogen-bond acceptors (Lipinski definition) is 4. The average molecular weight is 339 g/mol. The number of carbonyl (C=O) groups is 1. The van der Waals surface area contributed by atoms with E-state index in [2.05, 4.69) is 25.9 Å². The summed E-state index contributed by atoms with van der Waals surface area (Å²) in [7, 11) is 0. The monoisotopic (exact) mass is 339 g/mol. The summed E-state index contributed by atoms with van der Waals surface area (Å²) in [5.41, 5.74) is 2.14. The van der Waals surface area contributed by atoms with Crippen molar-refractivity contribution in [2.24, 2.45) is 5.92 Å². The predicted molar refractivity (Wildman–Crippen MR) is 94.7 cm³/mol. The minimum atomic E-state index is 0.184. The van der Waals surface area contributed by atoms with Gasteiger partial charge in [0.25, 0.3) is 0 Å². The molecule has 0 spiro atoms. The summed E-state index contributed by atoms with van der Waals surface area (Å²) in [5.74, 6) is 0.744. The van der Waals surface area contributed by atoms with Gasteiger partial charge in [-0.15, -0.1) is 0 Å². The molecule has 0 radical (unpaired) electrons. The molecule has 6 nitrogen and oxygen atoms in total. The third kappa shape index (κ3) is 3.58. The standard InChI is InChI=1S/C19H25N5O/c1-15-7-9-21-24(15)14-19(25)23-11-16-5-6-18(13-23)22(10-16)12-17-4-2-3-8-20-17/h2-4,7-9,16,18H,5-6,10-14H2,1H3/t16-,18-/m0/s1. The van der Waals surface area contributed by atoms with Crippen molar-refractivity contribution >= 4 is 5.91 Å². The number of pyridine rings is 1. The molecule has 3 aliphatic rings. The molecule has 132 valence electrons. The first kappa shape index (κ1) is 16.3. The molecule has 0 saturated carbocycles. The molecule has 2 atom stereocenters. The van der Waals surface area contributed by atoms with Gasteiger partial charge in [0.1, 0.15) is 6.54 Å². The normalized spacial score (nSPS) is 23.6. The molecule has 5 rings (SSSR count). The molecule has 3 fully saturated rings. The summed E-state index contributed by atoms with van der Waals surface area (Å²) in [6, 6.07) is 8.45. The van der Waals surface area contributed by atoms with Crippen LogP contribution < -0.4 is 0 Å². The fraction of sp³-hybridized carbons (Fsp3) is 0.526.